The monoisotopic (exact) mass is 408 g/mol. The van der Waals surface area contributed by atoms with Crippen LogP contribution in [0, 0.1) is 0 Å². The average molecular weight is 409 g/mol. The number of rotatable bonds is 9. The minimum absolute atomic E-state index is 0.114. The first kappa shape index (κ1) is 19.6. The summed E-state index contributed by atoms with van der Waals surface area (Å²) in [6.07, 6.45) is 7.78. The van der Waals surface area contributed by atoms with Crippen LogP contribution in [0.2, 0.25) is 0 Å². The summed E-state index contributed by atoms with van der Waals surface area (Å²) in [7, 11) is 1.75. The highest BCUT2D eigenvalue weighted by atomic mass is 79.9. The van der Waals surface area contributed by atoms with Crippen molar-refractivity contribution in [2.45, 2.75) is 31.8 Å². The number of allylic oxidation sites excluding steroid dienone is 2. The van der Waals surface area contributed by atoms with Crippen molar-refractivity contribution in [3.8, 4) is 0 Å². The Morgan fingerprint density at radius 2 is 2.36 bits per heavy atom. The Morgan fingerprint density at radius 1 is 1.56 bits per heavy atom. The van der Waals surface area contributed by atoms with Gasteiger partial charge >= 0.3 is 0 Å². The van der Waals surface area contributed by atoms with Crippen LogP contribution in [0.25, 0.3) is 5.57 Å². The predicted molar refractivity (Wildman–Crippen MR) is 104 cm³/mol. The van der Waals surface area contributed by atoms with E-state index in [1.807, 2.05) is 12.2 Å². The third-order valence-electron chi connectivity index (χ3n) is 3.80. The molecule has 7 nitrogen and oxygen atoms in total. The fourth-order valence-electron chi connectivity index (χ4n) is 2.45. The van der Waals surface area contributed by atoms with Crippen LogP contribution in [0.15, 0.2) is 38.9 Å². The molecule has 1 aromatic heterocycles. The molecular weight excluding hydrogens is 384 g/mol. The van der Waals surface area contributed by atoms with Crippen LogP contribution in [0.1, 0.15) is 37.5 Å². The van der Waals surface area contributed by atoms with E-state index in [9.17, 15) is 0 Å². The van der Waals surface area contributed by atoms with Crippen LogP contribution >= 0.6 is 15.9 Å². The van der Waals surface area contributed by atoms with E-state index in [1.54, 1.807) is 13.2 Å². The quantitative estimate of drug-likeness (QED) is 0.541. The second-order valence-electron chi connectivity index (χ2n) is 5.69. The summed E-state index contributed by atoms with van der Waals surface area (Å²) in [4.78, 5) is 8.73. The zero-order valence-electron chi connectivity index (χ0n) is 14.6. The van der Waals surface area contributed by atoms with Crippen LogP contribution < -0.4 is 16.4 Å². The van der Waals surface area contributed by atoms with Crippen molar-refractivity contribution in [3.05, 3.63) is 41.1 Å². The van der Waals surface area contributed by atoms with Gasteiger partial charge < -0.3 is 20.9 Å². The maximum Gasteiger partial charge on any atom is 0.257 e. The van der Waals surface area contributed by atoms with E-state index in [2.05, 4.69) is 55.2 Å². The van der Waals surface area contributed by atoms with E-state index in [0.29, 0.717) is 18.3 Å². The molecule has 0 bridgehead atoms. The van der Waals surface area contributed by atoms with Gasteiger partial charge in [-0.15, -0.1) is 0 Å². The lowest BCUT2D eigenvalue weighted by molar-refractivity contribution is 0.394. The van der Waals surface area contributed by atoms with Crippen LogP contribution in [-0.2, 0) is 0 Å². The SMILES string of the molecule is C=CNC1C=C(c2nc(C(N)CNCCCC)no2)C=C(Br)C1=NC. The minimum Gasteiger partial charge on any atom is -0.380 e. The number of halogens is 1. The van der Waals surface area contributed by atoms with E-state index >= 15 is 0 Å². The highest BCUT2D eigenvalue weighted by Crippen LogP contribution is 2.27. The molecule has 136 valence electrons. The minimum atomic E-state index is -0.305. The maximum atomic E-state index is 6.13. The number of unbranched alkanes of at least 4 members (excludes halogenated alkanes) is 1. The molecule has 1 heterocycles. The van der Waals surface area contributed by atoms with Crippen molar-refractivity contribution in [3.63, 3.8) is 0 Å². The predicted octanol–water partition coefficient (Wildman–Crippen LogP) is 2.31. The van der Waals surface area contributed by atoms with Crippen molar-refractivity contribution in [1.82, 2.24) is 20.8 Å². The molecule has 0 spiro atoms. The molecule has 0 aromatic carbocycles. The fourth-order valence-corrected chi connectivity index (χ4v) is 3.12. The molecule has 25 heavy (non-hydrogen) atoms. The van der Waals surface area contributed by atoms with Gasteiger partial charge in [-0.2, -0.15) is 4.98 Å². The molecule has 2 rings (SSSR count). The molecule has 1 aromatic rings. The molecule has 0 amide bonds. The summed E-state index contributed by atoms with van der Waals surface area (Å²) < 4.78 is 6.26. The summed E-state index contributed by atoms with van der Waals surface area (Å²) in [6, 6.07) is -0.419. The highest BCUT2D eigenvalue weighted by Gasteiger charge is 2.24. The zero-order chi connectivity index (χ0) is 18.2. The molecule has 1 aliphatic rings. The third-order valence-corrected chi connectivity index (χ3v) is 4.43. The molecule has 0 radical (unpaired) electrons. The van der Waals surface area contributed by atoms with Crippen molar-refractivity contribution < 1.29 is 4.52 Å². The van der Waals surface area contributed by atoms with E-state index in [1.165, 1.54) is 0 Å². The van der Waals surface area contributed by atoms with Crippen LogP contribution in [0.5, 0.6) is 0 Å². The Bertz CT molecular complexity index is 678. The Morgan fingerprint density at radius 3 is 3.04 bits per heavy atom. The van der Waals surface area contributed by atoms with Crippen LogP contribution in [-0.4, -0.2) is 42.0 Å². The number of aromatic nitrogens is 2. The largest absolute Gasteiger partial charge is 0.380 e. The number of hydrogen-bond donors (Lipinski definition) is 3. The van der Waals surface area contributed by atoms with E-state index in [-0.39, 0.29) is 12.1 Å². The van der Waals surface area contributed by atoms with Gasteiger partial charge in [0.1, 0.15) is 0 Å². The molecule has 4 N–H and O–H groups in total. The van der Waals surface area contributed by atoms with E-state index < -0.39 is 0 Å². The lowest BCUT2D eigenvalue weighted by atomic mass is 10.0. The normalized spacial score (nSPS) is 20.2. The molecule has 2 unspecified atom stereocenters. The van der Waals surface area contributed by atoms with Gasteiger partial charge in [0.15, 0.2) is 5.82 Å². The van der Waals surface area contributed by atoms with Gasteiger partial charge in [-0.25, -0.2) is 0 Å². The molecule has 8 heteroatoms. The van der Waals surface area contributed by atoms with Crippen molar-refractivity contribution in [1.29, 1.82) is 0 Å². The molecular formula is C17H25BrN6O. The van der Waals surface area contributed by atoms with Crippen molar-refractivity contribution in [2.75, 3.05) is 20.1 Å². The molecule has 0 saturated carbocycles. The standard InChI is InChI=1S/C17H25BrN6O/c1-4-6-7-21-10-13(19)16-23-17(25-24-16)11-8-12(18)15(20-3)14(9-11)22-5-2/h5,8-9,13-14,21-22H,2,4,6-7,10,19H2,1,3H3. The fraction of sp³-hybridized carbons (Fsp3) is 0.471. The molecule has 0 fully saturated rings. The third kappa shape index (κ3) is 5.10. The van der Waals surface area contributed by atoms with Gasteiger partial charge in [-0.3, -0.25) is 4.99 Å². The van der Waals surface area contributed by atoms with Gasteiger partial charge in [-0.1, -0.05) is 25.1 Å². The van der Waals surface area contributed by atoms with Crippen LogP contribution in [0.3, 0.4) is 0 Å². The first-order chi connectivity index (χ1) is 12.1. The van der Waals surface area contributed by atoms with Gasteiger partial charge in [0.2, 0.25) is 0 Å². The number of nitrogens with two attached hydrogens (primary N) is 1. The lowest BCUT2D eigenvalue weighted by Crippen LogP contribution is -2.33. The molecule has 1 aliphatic carbocycles. The first-order valence-electron chi connectivity index (χ1n) is 8.34. The maximum absolute atomic E-state index is 6.13. The molecule has 2 atom stereocenters. The van der Waals surface area contributed by atoms with Crippen LogP contribution in [0.4, 0.5) is 0 Å². The van der Waals surface area contributed by atoms with Gasteiger partial charge in [0.25, 0.3) is 5.89 Å². The topological polar surface area (TPSA) is 101 Å². The number of aliphatic imine (C=N–C) groups is 1. The van der Waals surface area contributed by atoms with Crippen molar-refractivity contribution in [2.24, 2.45) is 10.7 Å². The molecule has 0 aliphatic heterocycles. The Balaban J connectivity index is 2.11. The second-order valence-corrected chi connectivity index (χ2v) is 6.55. The smallest absolute Gasteiger partial charge is 0.257 e. The van der Waals surface area contributed by atoms with Gasteiger partial charge in [0.05, 0.1) is 17.8 Å². The summed E-state index contributed by atoms with van der Waals surface area (Å²) in [5, 5.41) is 10.5. The second kappa shape index (κ2) is 9.65. The van der Waals surface area contributed by atoms with Crippen molar-refractivity contribution >= 4 is 27.2 Å². The summed E-state index contributed by atoms with van der Waals surface area (Å²) in [5.74, 6) is 0.926. The lowest BCUT2D eigenvalue weighted by Gasteiger charge is -2.20. The van der Waals surface area contributed by atoms with Gasteiger partial charge in [0, 0.05) is 23.6 Å². The number of nitrogens with zero attached hydrogens (tertiary/aromatic N) is 3. The Kier molecular flexibility index (Phi) is 7.54. The summed E-state index contributed by atoms with van der Waals surface area (Å²) in [6.45, 7) is 7.41. The average Bonchev–Trinajstić information content (AvgIpc) is 3.09. The Hall–Kier alpha value is -1.77. The zero-order valence-corrected chi connectivity index (χ0v) is 16.2. The summed E-state index contributed by atoms with van der Waals surface area (Å²) >= 11 is 3.54. The first-order valence-corrected chi connectivity index (χ1v) is 9.13. The number of nitrogens with one attached hydrogen (secondary N) is 2. The number of hydrogen-bond acceptors (Lipinski definition) is 7. The summed E-state index contributed by atoms with van der Waals surface area (Å²) in [5.41, 5.74) is 7.81. The van der Waals surface area contributed by atoms with Gasteiger partial charge in [-0.05, 0) is 47.2 Å². The van der Waals surface area contributed by atoms with E-state index in [4.69, 9.17) is 10.3 Å². The molecule has 0 saturated heterocycles. The Labute approximate surface area is 156 Å². The van der Waals surface area contributed by atoms with E-state index in [0.717, 1.165) is 35.2 Å². The highest BCUT2D eigenvalue weighted by molar-refractivity contribution is 9.12.